The van der Waals surface area contributed by atoms with Crippen LogP contribution in [0.1, 0.15) is 79.9 Å². The molecule has 0 spiro atoms. The van der Waals surface area contributed by atoms with E-state index in [9.17, 15) is 28.8 Å². The van der Waals surface area contributed by atoms with Crippen LogP contribution in [0.25, 0.3) is 21.8 Å². The Labute approximate surface area is 374 Å². The third-order valence-corrected chi connectivity index (χ3v) is 13.5. The van der Waals surface area contributed by atoms with Gasteiger partial charge >= 0.3 is 0 Å². The summed E-state index contributed by atoms with van der Waals surface area (Å²) >= 11 is 1.52. The van der Waals surface area contributed by atoms with Crippen molar-refractivity contribution in [2.24, 2.45) is 23.7 Å². The van der Waals surface area contributed by atoms with E-state index in [-0.39, 0.29) is 48.2 Å². The summed E-state index contributed by atoms with van der Waals surface area (Å²) in [6, 6.07) is 8.83. The number of hydrogen-bond acceptors (Lipinski definition) is 8. The number of fused-ring (bicyclic) bond motifs is 4. The number of aromatic amines is 2. The number of para-hydroxylation sites is 2. The van der Waals surface area contributed by atoms with Crippen molar-refractivity contribution in [2.45, 2.75) is 134 Å². The summed E-state index contributed by atoms with van der Waals surface area (Å²) in [7, 11) is 0. The van der Waals surface area contributed by atoms with E-state index in [0.29, 0.717) is 0 Å². The topological polar surface area (TPSA) is 218 Å². The SMILES string of the molecule is CC(C)C[C@H]1NC(=O)[C@H](Cc2c[nH]c3ccccc23)NC(=O)[C@@H](C(C)C)NC(=O)[C@H]2N[C@H](SC2C)[C@H](C(C)C)NC(=O)[C@@H](Cc2c[nH]c3ccccc23)NC(=O)[C@H](C(C)C)NC1=O. The number of carbonyl (C=O) groups excluding carboxylic acids is 6. The van der Waals surface area contributed by atoms with Crippen molar-refractivity contribution in [2.75, 3.05) is 0 Å². The van der Waals surface area contributed by atoms with E-state index in [1.54, 1.807) is 20.0 Å². The molecule has 9 atom stereocenters. The Balaban J connectivity index is 1.39. The molecule has 4 aromatic rings. The van der Waals surface area contributed by atoms with Gasteiger partial charge in [0.05, 0.1) is 17.5 Å². The molecule has 15 nitrogen and oxygen atoms in total. The molecule has 6 amide bonds. The van der Waals surface area contributed by atoms with Gasteiger partial charge in [0, 0.05) is 52.3 Å². The van der Waals surface area contributed by atoms with Crippen LogP contribution in [0.5, 0.6) is 0 Å². The zero-order valence-corrected chi connectivity index (χ0v) is 38.6. The van der Waals surface area contributed by atoms with Crippen molar-refractivity contribution in [3.8, 4) is 0 Å². The molecule has 6 rings (SSSR count). The number of H-pyrrole nitrogens is 2. The van der Waals surface area contributed by atoms with Crippen molar-refractivity contribution >= 4 is 69.0 Å². The van der Waals surface area contributed by atoms with Crippen molar-refractivity contribution in [3.05, 3.63) is 72.1 Å². The second kappa shape index (κ2) is 20.4. The first-order valence-corrected chi connectivity index (χ1v) is 23.2. The average molecular weight is 884 g/mol. The maximum absolute atomic E-state index is 14.6. The van der Waals surface area contributed by atoms with Gasteiger partial charge in [0.1, 0.15) is 30.2 Å². The summed E-state index contributed by atoms with van der Waals surface area (Å²) in [5.41, 5.74) is 3.35. The molecule has 0 radical (unpaired) electrons. The first-order chi connectivity index (χ1) is 29.9. The molecule has 2 aromatic carbocycles. The first-order valence-electron chi connectivity index (χ1n) is 22.2. The van der Waals surface area contributed by atoms with E-state index >= 15 is 0 Å². The molecule has 9 N–H and O–H groups in total. The van der Waals surface area contributed by atoms with Crippen molar-refractivity contribution in [1.82, 2.24) is 47.2 Å². The zero-order chi connectivity index (χ0) is 45.7. The average Bonchev–Trinajstić information content (AvgIpc) is 3.95. The molecule has 2 fully saturated rings. The van der Waals surface area contributed by atoms with Gasteiger partial charge in [-0.25, -0.2) is 0 Å². The number of amides is 6. The Morgan fingerprint density at radius 3 is 1.44 bits per heavy atom. The van der Waals surface area contributed by atoms with Crippen LogP contribution >= 0.6 is 11.8 Å². The number of aromatic nitrogens is 2. The van der Waals surface area contributed by atoms with Crippen molar-refractivity contribution in [3.63, 3.8) is 0 Å². The van der Waals surface area contributed by atoms with Crippen LogP contribution < -0.4 is 37.2 Å². The number of thioether (sulfide) groups is 1. The summed E-state index contributed by atoms with van der Waals surface area (Å²) in [5, 5.41) is 22.6. The first kappa shape index (κ1) is 47.1. The predicted octanol–water partition coefficient (Wildman–Crippen LogP) is 3.79. The highest BCUT2D eigenvalue weighted by atomic mass is 32.2. The molecule has 0 aliphatic carbocycles. The Morgan fingerprint density at radius 2 is 0.968 bits per heavy atom. The molecule has 63 heavy (non-hydrogen) atoms. The third-order valence-electron chi connectivity index (χ3n) is 12.1. The summed E-state index contributed by atoms with van der Waals surface area (Å²) in [6.45, 7) is 17.0. The molecular weight excluding hydrogens is 819 g/mol. The van der Waals surface area contributed by atoms with E-state index in [0.717, 1.165) is 32.9 Å². The van der Waals surface area contributed by atoms with Gasteiger partial charge in [-0.15, -0.1) is 11.8 Å². The largest absolute Gasteiger partial charge is 0.361 e. The molecule has 1 unspecified atom stereocenters. The quantitative estimate of drug-likeness (QED) is 0.120. The second-order valence-corrected chi connectivity index (χ2v) is 20.1. The van der Waals surface area contributed by atoms with Gasteiger partial charge in [0.2, 0.25) is 35.4 Å². The minimum Gasteiger partial charge on any atom is -0.361 e. The van der Waals surface area contributed by atoms with E-state index in [2.05, 4.69) is 47.2 Å². The lowest BCUT2D eigenvalue weighted by atomic mass is 9.97. The van der Waals surface area contributed by atoms with Gasteiger partial charge in [-0.2, -0.15) is 0 Å². The Kier molecular flexibility index (Phi) is 15.3. The predicted molar refractivity (Wildman–Crippen MR) is 247 cm³/mol. The zero-order valence-electron chi connectivity index (χ0n) is 37.8. The maximum Gasteiger partial charge on any atom is 0.243 e. The fourth-order valence-corrected chi connectivity index (χ4v) is 10.1. The molecular formula is C47H65N9O6S. The molecule has 2 aliphatic rings. The van der Waals surface area contributed by atoms with Crippen LogP contribution in [0, 0.1) is 23.7 Å². The van der Waals surface area contributed by atoms with Crippen LogP contribution in [0.2, 0.25) is 0 Å². The summed E-state index contributed by atoms with van der Waals surface area (Å²) < 4.78 is 0. The smallest absolute Gasteiger partial charge is 0.243 e. The summed E-state index contributed by atoms with van der Waals surface area (Å²) in [6.07, 6.45) is 4.10. The molecule has 2 bridgehead atoms. The summed E-state index contributed by atoms with van der Waals surface area (Å²) in [5.74, 6) is -3.99. The molecule has 340 valence electrons. The van der Waals surface area contributed by atoms with Gasteiger partial charge in [0.25, 0.3) is 0 Å². The van der Waals surface area contributed by atoms with Gasteiger partial charge < -0.3 is 41.9 Å². The third kappa shape index (κ3) is 11.2. The Bertz CT molecular complexity index is 2290. The number of carbonyl (C=O) groups is 6. The summed E-state index contributed by atoms with van der Waals surface area (Å²) in [4.78, 5) is 92.8. The molecule has 2 saturated heterocycles. The highest BCUT2D eigenvalue weighted by Gasteiger charge is 2.43. The lowest BCUT2D eigenvalue weighted by Gasteiger charge is -2.31. The highest BCUT2D eigenvalue weighted by Crippen LogP contribution is 2.32. The monoisotopic (exact) mass is 883 g/mol. The molecule has 16 heteroatoms. The normalized spacial score (nSPS) is 27.3. The van der Waals surface area contributed by atoms with Gasteiger partial charge in [-0.05, 0) is 53.4 Å². The van der Waals surface area contributed by atoms with Crippen molar-refractivity contribution < 1.29 is 28.8 Å². The molecule has 0 saturated carbocycles. The number of rotatable bonds is 9. The van der Waals surface area contributed by atoms with Crippen LogP contribution in [0.3, 0.4) is 0 Å². The van der Waals surface area contributed by atoms with Crippen LogP contribution in [0.15, 0.2) is 60.9 Å². The minimum absolute atomic E-state index is 0.0494. The number of hydrogen-bond donors (Lipinski definition) is 9. The molecule has 2 aliphatic heterocycles. The Morgan fingerprint density at radius 1 is 0.524 bits per heavy atom. The lowest BCUT2D eigenvalue weighted by molar-refractivity contribution is -0.136. The lowest BCUT2D eigenvalue weighted by Crippen LogP contribution is -2.61. The standard InChI is InChI=1S/C47H65N9O6S/c1-23(2)18-34-42(58)53-37(24(3)4)44(60)52-36(20-29-22-49-33-17-13-11-15-31(29)33)43(59)55-39(26(7)8)47-56-40(27(9)63-47)46(62)54-38(25(5)6)45(61)51-35(41(57)50-34)19-28-21-48-32-16-12-10-14-30(28)32/h10-17,21-27,34-40,47-49,56H,18-20H2,1-9H3,(H,50,57)(H,51,61)(H,52,60)(H,53,58)(H,54,62)(H,55,59)/t27?,34-,35+,36-,37+,38-,39+,40+,47-/m1/s1. The maximum atomic E-state index is 14.6. The van der Waals surface area contributed by atoms with E-state index in [1.807, 2.05) is 103 Å². The van der Waals surface area contributed by atoms with Crippen LogP contribution in [-0.4, -0.2) is 98.3 Å². The van der Waals surface area contributed by atoms with E-state index in [1.165, 1.54) is 11.8 Å². The van der Waals surface area contributed by atoms with Crippen LogP contribution in [0.4, 0.5) is 0 Å². The van der Waals surface area contributed by atoms with Crippen LogP contribution in [-0.2, 0) is 41.6 Å². The second-order valence-electron chi connectivity index (χ2n) is 18.6. The molecule has 2 aromatic heterocycles. The van der Waals surface area contributed by atoms with E-state index < -0.39 is 83.1 Å². The van der Waals surface area contributed by atoms with E-state index in [4.69, 9.17) is 0 Å². The minimum atomic E-state index is -1.15. The number of nitrogens with one attached hydrogen (secondary N) is 9. The van der Waals surface area contributed by atoms with Gasteiger partial charge in [-0.1, -0.05) is 98.7 Å². The fraction of sp³-hybridized carbons (Fsp3) is 0.532. The van der Waals surface area contributed by atoms with Gasteiger partial charge in [0.15, 0.2) is 0 Å². The van der Waals surface area contributed by atoms with Gasteiger partial charge in [-0.3, -0.25) is 34.1 Å². The highest BCUT2D eigenvalue weighted by molar-refractivity contribution is 8.00. The fourth-order valence-electron chi connectivity index (χ4n) is 8.52. The Hall–Kier alpha value is -5.35. The molecule has 4 heterocycles. The number of benzene rings is 2. The van der Waals surface area contributed by atoms with Crippen molar-refractivity contribution in [1.29, 1.82) is 0 Å².